The van der Waals surface area contributed by atoms with Crippen molar-refractivity contribution in [2.45, 2.75) is 0 Å². The SMILES string of the molecule is COc1ccccc1C=C1SC(=O)N(CC(=O)Nc2ccc(O)c(C(=O)O)c2)C1=O. The number of hydrogen-bond acceptors (Lipinski definition) is 7. The number of carbonyl (C=O) groups excluding carboxylic acids is 3. The summed E-state index contributed by atoms with van der Waals surface area (Å²) >= 11 is 0.705. The lowest BCUT2D eigenvalue weighted by Gasteiger charge is -2.13. The largest absolute Gasteiger partial charge is 0.507 e. The molecule has 0 saturated carbocycles. The van der Waals surface area contributed by atoms with Crippen molar-refractivity contribution in [1.82, 2.24) is 4.90 Å². The van der Waals surface area contributed by atoms with Gasteiger partial charge in [-0.3, -0.25) is 19.3 Å². The number of aromatic carboxylic acids is 1. The second-order valence-electron chi connectivity index (χ2n) is 6.10. The van der Waals surface area contributed by atoms with Crippen molar-refractivity contribution in [3.8, 4) is 11.5 Å². The third-order valence-electron chi connectivity index (χ3n) is 4.11. The Morgan fingerprint density at radius 3 is 2.63 bits per heavy atom. The number of nitrogens with one attached hydrogen (secondary N) is 1. The third-order valence-corrected chi connectivity index (χ3v) is 5.02. The van der Waals surface area contributed by atoms with E-state index in [1.165, 1.54) is 19.3 Å². The summed E-state index contributed by atoms with van der Waals surface area (Å²) in [4.78, 5) is 49.1. The second kappa shape index (κ2) is 8.70. The Morgan fingerprint density at radius 2 is 1.93 bits per heavy atom. The molecule has 10 heteroatoms. The number of aromatic hydroxyl groups is 1. The first-order valence-electron chi connectivity index (χ1n) is 8.54. The molecule has 3 N–H and O–H groups in total. The van der Waals surface area contributed by atoms with Crippen molar-refractivity contribution < 1.29 is 34.1 Å². The average Bonchev–Trinajstić information content (AvgIpc) is 2.97. The standard InChI is InChI=1S/C20H16N2O7S/c1-29-15-5-3-2-4-11(15)8-16-18(25)22(20(28)30-16)10-17(24)21-12-6-7-14(23)13(9-12)19(26)27/h2-9,23H,10H2,1H3,(H,21,24)(H,26,27). The van der Waals surface area contributed by atoms with Gasteiger partial charge in [-0.05, 0) is 42.1 Å². The van der Waals surface area contributed by atoms with Crippen LogP contribution in [0.15, 0.2) is 47.4 Å². The molecular formula is C20H16N2O7S. The number of nitrogens with zero attached hydrogens (tertiary/aromatic N) is 1. The van der Waals surface area contributed by atoms with Crippen LogP contribution in [0.1, 0.15) is 15.9 Å². The Morgan fingerprint density at radius 1 is 1.20 bits per heavy atom. The lowest BCUT2D eigenvalue weighted by atomic mass is 10.1. The van der Waals surface area contributed by atoms with Crippen LogP contribution in [0.2, 0.25) is 0 Å². The van der Waals surface area contributed by atoms with E-state index < -0.39 is 40.9 Å². The van der Waals surface area contributed by atoms with E-state index >= 15 is 0 Å². The Hall–Kier alpha value is -3.79. The molecular weight excluding hydrogens is 412 g/mol. The molecule has 0 atom stereocenters. The van der Waals surface area contributed by atoms with Gasteiger partial charge in [-0.1, -0.05) is 18.2 Å². The van der Waals surface area contributed by atoms with Crippen LogP contribution in [-0.4, -0.2) is 51.8 Å². The van der Waals surface area contributed by atoms with E-state index in [2.05, 4.69) is 5.32 Å². The fraction of sp³-hybridized carbons (Fsp3) is 0.100. The molecule has 0 radical (unpaired) electrons. The van der Waals surface area contributed by atoms with Crippen molar-refractivity contribution in [1.29, 1.82) is 0 Å². The zero-order valence-electron chi connectivity index (χ0n) is 15.6. The molecule has 0 unspecified atom stereocenters. The monoisotopic (exact) mass is 428 g/mol. The summed E-state index contributed by atoms with van der Waals surface area (Å²) in [6.45, 7) is -0.544. The van der Waals surface area contributed by atoms with Crippen LogP contribution in [0.25, 0.3) is 6.08 Å². The normalized spacial score (nSPS) is 14.8. The number of phenols is 1. The zero-order chi connectivity index (χ0) is 21.8. The van der Waals surface area contributed by atoms with E-state index in [9.17, 15) is 24.3 Å². The van der Waals surface area contributed by atoms with Crippen LogP contribution in [0, 0.1) is 0 Å². The first kappa shape index (κ1) is 20.9. The highest BCUT2D eigenvalue weighted by Gasteiger charge is 2.36. The fourth-order valence-corrected chi connectivity index (χ4v) is 3.52. The number of imide groups is 1. The van der Waals surface area contributed by atoms with E-state index in [1.54, 1.807) is 24.3 Å². The number of rotatable bonds is 6. The molecule has 3 rings (SSSR count). The number of carboxylic acids is 1. The van der Waals surface area contributed by atoms with E-state index in [1.807, 2.05) is 0 Å². The topological polar surface area (TPSA) is 133 Å². The van der Waals surface area contributed by atoms with Crippen molar-refractivity contribution >= 4 is 46.5 Å². The minimum absolute atomic E-state index is 0.103. The number of benzene rings is 2. The Bertz CT molecular complexity index is 1080. The van der Waals surface area contributed by atoms with Crippen LogP contribution in [-0.2, 0) is 9.59 Å². The van der Waals surface area contributed by atoms with Gasteiger partial charge in [0.15, 0.2) is 0 Å². The highest BCUT2D eigenvalue weighted by molar-refractivity contribution is 8.18. The number of ether oxygens (including phenoxy) is 1. The zero-order valence-corrected chi connectivity index (χ0v) is 16.4. The highest BCUT2D eigenvalue weighted by atomic mass is 32.2. The smallest absolute Gasteiger partial charge is 0.339 e. The predicted octanol–water partition coefficient (Wildman–Crippen LogP) is 2.77. The fourth-order valence-electron chi connectivity index (χ4n) is 2.69. The van der Waals surface area contributed by atoms with Gasteiger partial charge in [0.05, 0.1) is 12.0 Å². The molecule has 0 spiro atoms. The molecule has 1 saturated heterocycles. The number of thioether (sulfide) groups is 1. The summed E-state index contributed by atoms with van der Waals surface area (Å²) in [5, 5.41) is 20.3. The number of amides is 3. The van der Waals surface area contributed by atoms with Crippen LogP contribution in [0.4, 0.5) is 10.5 Å². The summed E-state index contributed by atoms with van der Waals surface area (Å²) in [5.74, 6) is -2.60. The Kier molecular flexibility index (Phi) is 6.07. The second-order valence-corrected chi connectivity index (χ2v) is 7.09. The van der Waals surface area contributed by atoms with Gasteiger partial charge in [0.2, 0.25) is 5.91 Å². The lowest BCUT2D eigenvalue weighted by Crippen LogP contribution is -2.36. The number of para-hydroxylation sites is 1. The molecule has 0 aromatic heterocycles. The van der Waals surface area contributed by atoms with E-state index in [4.69, 9.17) is 9.84 Å². The van der Waals surface area contributed by atoms with Gasteiger partial charge in [-0.15, -0.1) is 0 Å². The quantitative estimate of drug-likeness (QED) is 0.472. The minimum atomic E-state index is -1.36. The number of methoxy groups -OCH3 is 1. The van der Waals surface area contributed by atoms with E-state index in [-0.39, 0.29) is 10.6 Å². The van der Waals surface area contributed by atoms with Crippen LogP contribution >= 0.6 is 11.8 Å². The molecule has 0 bridgehead atoms. The molecule has 1 aliphatic rings. The van der Waals surface area contributed by atoms with Crippen LogP contribution in [0.3, 0.4) is 0 Å². The van der Waals surface area contributed by atoms with Crippen molar-refractivity contribution in [3.05, 3.63) is 58.5 Å². The molecule has 1 heterocycles. The van der Waals surface area contributed by atoms with Gasteiger partial charge in [0.1, 0.15) is 23.6 Å². The number of anilines is 1. The highest BCUT2D eigenvalue weighted by Crippen LogP contribution is 2.33. The Labute approximate surface area is 174 Å². The summed E-state index contributed by atoms with van der Waals surface area (Å²) < 4.78 is 5.22. The van der Waals surface area contributed by atoms with Gasteiger partial charge >= 0.3 is 5.97 Å². The molecule has 9 nitrogen and oxygen atoms in total. The maximum atomic E-state index is 12.6. The molecule has 2 aromatic rings. The van der Waals surface area contributed by atoms with Gasteiger partial charge in [0, 0.05) is 11.3 Å². The van der Waals surface area contributed by atoms with Gasteiger partial charge in [-0.2, -0.15) is 0 Å². The first-order chi connectivity index (χ1) is 14.3. The van der Waals surface area contributed by atoms with Crippen molar-refractivity contribution in [2.75, 3.05) is 19.0 Å². The number of hydrogen-bond donors (Lipinski definition) is 3. The molecule has 3 amide bonds. The molecule has 1 fully saturated rings. The van der Waals surface area contributed by atoms with Crippen LogP contribution in [0.5, 0.6) is 11.5 Å². The summed E-state index contributed by atoms with van der Waals surface area (Å²) in [6, 6.07) is 10.5. The maximum absolute atomic E-state index is 12.6. The Balaban J connectivity index is 1.73. The molecule has 0 aliphatic carbocycles. The van der Waals surface area contributed by atoms with Crippen LogP contribution < -0.4 is 10.1 Å². The van der Waals surface area contributed by atoms with Gasteiger partial charge in [-0.25, -0.2) is 4.79 Å². The predicted molar refractivity (Wildman–Crippen MR) is 109 cm³/mol. The summed E-state index contributed by atoms with van der Waals surface area (Å²) in [6.07, 6.45) is 1.51. The molecule has 1 aliphatic heterocycles. The van der Waals surface area contributed by atoms with Crippen molar-refractivity contribution in [3.63, 3.8) is 0 Å². The number of carboxylic acid groups (broad SMARTS) is 1. The third kappa shape index (κ3) is 4.44. The number of carbonyl (C=O) groups is 4. The first-order valence-corrected chi connectivity index (χ1v) is 9.36. The van der Waals surface area contributed by atoms with E-state index in [0.29, 0.717) is 23.1 Å². The summed E-state index contributed by atoms with van der Waals surface area (Å²) in [5.41, 5.74) is 0.325. The molecule has 154 valence electrons. The van der Waals surface area contributed by atoms with Crippen molar-refractivity contribution in [2.24, 2.45) is 0 Å². The molecule has 30 heavy (non-hydrogen) atoms. The lowest BCUT2D eigenvalue weighted by molar-refractivity contribution is -0.127. The molecule has 2 aromatic carbocycles. The van der Waals surface area contributed by atoms with Gasteiger partial charge in [0.25, 0.3) is 11.1 Å². The maximum Gasteiger partial charge on any atom is 0.339 e. The van der Waals surface area contributed by atoms with E-state index in [0.717, 1.165) is 17.0 Å². The summed E-state index contributed by atoms with van der Waals surface area (Å²) in [7, 11) is 1.49. The average molecular weight is 428 g/mol. The minimum Gasteiger partial charge on any atom is -0.507 e. The van der Waals surface area contributed by atoms with Gasteiger partial charge < -0.3 is 20.3 Å².